The van der Waals surface area contributed by atoms with Gasteiger partial charge in [0.05, 0.1) is 0 Å². The number of hydrogen-bond acceptors (Lipinski definition) is 4. The number of anilines is 1. The molecule has 23 heavy (non-hydrogen) atoms. The van der Waals surface area contributed by atoms with Crippen LogP contribution in [0.4, 0.5) is 5.82 Å². The highest BCUT2D eigenvalue weighted by molar-refractivity contribution is 6.30. The number of rotatable bonds is 3. The van der Waals surface area contributed by atoms with Gasteiger partial charge in [-0.2, -0.15) is 9.50 Å². The summed E-state index contributed by atoms with van der Waals surface area (Å²) in [4.78, 5) is 30.9. The van der Waals surface area contributed by atoms with E-state index < -0.39 is 0 Å². The van der Waals surface area contributed by atoms with Gasteiger partial charge < -0.3 is 5.32 Å². The van der Waals surface area contributed by atoms with Gasteiger partial charge in [-0.3, -0.25) is 14.6 Å². The highest BCUT2D eigenvalue weighted by Crippen LogP contribution is 2.14. The fourth-order valence-electron chi connectivity index (χ4n) is 2.03. The minimum absolute atomic E-state index is 0.0956. The summed E-state index contributed by atoms with van der Waals surface area (Å²) in [6.45, 7) is 3.89. The molecule has 8 heteroatoms. The standard InChI is InChI=1S/C15H14ClN5O2/c1-8(2)13-19-15-18-12(22)7-11(21(15)20-13)17-14(23)9-3-5-10(16)6-4-9/h3-8H,1-2H3,(H,17,23)(H,18,19,20,22). The molecule has 3 rings (SSSR count). The zero-order chi connectivity index (χ0) is 16.6. The van der Waals surface area contributed by atoms with E-state index in [1.165, 1.54) is 10.6 Å². The number of halogens is 1. The van der Waals surface area contributed by atoms with Crippen molar-refractivity contribution in [3.05, 3.63) is 57.1 Å². The van der Waals surface area contributed by atoms with E-state index in [0.717, 1.165) is 0 Å². The summed E-state index contributed by atoms with van der Waals surface area (Å²) in [5.41, 5.74) is 0.0543. The number of hydrogen-bond donors (Lipinski definition) is 2. The minimum atomic E-state index is -0.369. The van der Waals surface area contributed by atoms with Gasteiger partial charge in [-0.25, -0.2) is 0 Å². The average Bonchev–Trinajstić information content (AvgIpc) is 2.92. The van der Waals surface area contributed by atoms with Crippen LogP contribution in [0, 0.1) is 0 Å². The molecule has 0 aliphatic heterocycles. The summed E-state index contributed by atoms with van der Waals surface area (Å²) in [7, 11) is 0. The maximum absolute atomic E-state index is 12.3. The molecule has 0 spiro atoms. The van der Waals surface area contributed by atoms with Crippen LogP contribution >= 0.6 is 11.6 Å². The summed E-state index contributed by atoms with van der Waals surface area (Å²) in [5, 5.41) is 7.53. The fourth-order valence-corrected chi connectivity index (χ4v) is 2.16. The smallest absolute Gasteiger partial charge is 0.256 e. The number of amides is 1. The molecular formula is C15H14ClN5O2. The second-order valence-electron chi connectivity index (χ2n) is 5.34. The summed E-state index contributed by atoms with van der Waals surface area (Å²) in [6, 6.07) is 7.71. The van der Waals surface area contributed by atoms with Gasteiger partial charge in [-0.15, -0.1) is 5.10 Å². The van der Waals surface area contributed by atoms with E-state index >= 15 is 0 Å². The van der Waals surface area contributed by atoms with Crippen LogP contribution in [0.3, 0.4) is 0 Å². The van der Waals surface area contributed by atoms with Gasteiger partial charge in [0.25, 0.3) is 11.5 Å². The molecule has 2 N–H and O–H groups in total. The first-order chi connectivity index (χ1) is 10.9. The van der Waals surface area contributed by atoms with Gasteiger partial charge in [-0.05, 0) is 24.3 Å². The lowest BCUT2D eigenvalue weighted by molar-refractivity contribution is 0.102. The van der Waals surface area contributed by atoms with Crippen molar-refractivity contribution >= 4 is 29.1 Å². The Balaban J connectivity index is 2.00. The Morgan fingerprint density at radius 1 is 1.30 bits per heavy atom. The lowest BCUT2D eigenvalue weighted by Crippen LogP contribution is -2.18. The number of aromatic amines is 1. The van der Waals surface area contributed by atoms with E-state index in [2.05, 4.69) is 20.4 Å². The monoisotopic (exact) mass is 331 g/mol. The molecule has 1 aromatic carbocycles. The third-order valence-electron chi connectivity index (χ3n) is 3.22. The second kappa shape index (κ2) is 5.85. The van der Waals surface area contributed by atoms with Gasteiger partial charge in [0.2, 0.25) is 5.78 Å². The van der Waals surface area contributed by atoms with Gasteiger partial charge in [0, 0.05) is 22.6 Å². The number of fused-ring (bicyclic) bond motifs is 1. The largest absolute Gasteiger partial charge is 0.306 e. The number of aromatic nitrogens is 4. The van der Waals surface area contributed by atoms with Crippen LogP contribution < -0.4 is 10.9 Å². The Morgan fingerprint density at radius 2 is 2.00 bits per heavy atom. The number of nitrogens with zero attached hydrogens (tertiary/aromatic N) is 3. The Labute approximate surface area is 136 Å². The van der Waals surface area contributed by atoms with E-state index in [-0.39, 0.29) is 29.0 Å². The van der Waals surface area contributed by atoms with Crippen molar-refractivity contribution in [2.75, 3.05) is 5.32 Å². The SMILES string of the molecule is CC(C)c1nc2[nH]c(=O)cc(NC(=O)c3ccc(Cl)cc3)n2n1. The molecule has 7 nitrogen and oxygen atoms in total. The Bertz CT molecular complexity index is 927. The third kappa shape index (κ3) is 3.09. The molecule has 0 aliphatic carbocycles. The second-order valence-corrected chi connectivity index (χ2v) is 5.78. The lowest BCUT2D eigenvalue weighted by atomic mass is 10.2. The van der Waals surface area contributed by atoms with Crippen molar-refractivity contribution < 1.29 is 4.79 Å². The number of carbonyl (C=O) groups excluding carboxylic acids is 1. The van der Waals surface area contributed by atoms with Crippen molar-refractivity contribution in [3.8, 4) is 0 Å². The van der Waals surface area contributed by atoms with Gasteiger partial charge in [-0.1, -0.05) is 25.4 Å². The molecule has 0 bridgehead atoms. The van der Waals surface area contributed by atoms with Gasteiger partial charge >= 0.3 is 0 Å². The van der Waals surface area contributed by atoms with E-state index in [1.807, 2.05) is 13.8 Å². The van der Waals surface area contributed by atoms with Crippen LogP contribution in [-0.2, 0) is 0 Å². The summed E-state index contributed by atoms with van der Waals surface area (Å²) < 4.78 is 1.41. The van der Waals surface area contributed by atoms with Crippen LogP contribution in [-0.4, -0.2) is 25.5 Å². The molecular weight excluding hydrogens is 318 g/mol. The molecule has 2 heterocycles. The van der Waals surface area contributed by atoms with Gasteiger partial charge in [0.1, 0.15) is 5.82 Å². The topological polar surface area (TPSA) is 92.1 Å². The number of nitrogens with one attached hydrogen (secondary N) is 2. The van der Waals surface area contributed by atoms with Crippen LogP contribution in [0.15, 0.2) is 35.1 Å². The third-order valence-corrected chi connectivity index (χ3v) is 3.47. The minimum Gasteiger partial charge on any atom is -0.306 e. The zero-order valence-corrected chi connectivity index (χ0v) is 13.3. The predicted octanol–water partition coefficient (Wildman–Crippen LogP) is 2.45. The molecule has 118 valence electrons. The number of benzene rings is 1. The summed E-state index contributed by atoms with van der Waals surface area (Å²) >= 11 is 5.81. The normalized spacial score (nSPS) is 11.1. The van der Waals surface area contributed by atoms with Crippen LogP contribution in [0.25, 0.3) is 5.78 Å². The van der Waals surface area contributed by atoms with Crippen LogP contribution in [0.5, 0.6) is 0 Å². The van der Waals surface area contributed by atoms with Gasteiger partial charge in [0.15, 0.2) is 5.82 Å². The average molecular weight is 332 g/mol. The molecule has 0 fully saturated rings. The molecule has 0 atom stereocenters. The molecule has 2 aromatic heterocycles. The first kappa shape index (κ1) is 15.2. The predicted molar refractivity (Wildman–Crippen MR) is 87.1 cm³/mol. The molecule has 0 unspecified atom stereocenters. The Hall–Kier alpha value is -2.67. The maximum atomic E-state index is 12.3. The molecule has 1 amide bonds. The first-order valence-electron chi connectivity index (χ1n) is 7.01. The van der Waals surface area contributed by atoms with E-state index in [4.69, 9.17) is 11.6 Å². The zero-order valence-electron chi connectivity index (χ0n) is 12.5. The van der Waals surface area contributed by atoms with Crippen molar-refractivity contribution in [2.45, 2.75) is 19.8 Å². The molecule has 0 aliphatic rings. The Morgan fingerprint density at radius 3 is 2.65 bits per heavy atom. The van der Waals surface area contributed by atoms with Crippen molar-refractivity contribution in [1.29, 1.82) is 0 Å². The number of carbonyl (C=O) groups is 1. The summed E-state index contributed by atoms with van der Waals surface area (Å²) in [6.07, 6.45) is 0. The maximum Gasteiger partial charge on any atom is 0.256 e. The van der Waals surface area contributed by atoms with Crippen LogP contribution in [0.1, 0.15) is 35.9 Å². The summed E-state index contributed by atoms with van der Waals surface area (Å²) in [5.74, 6) is 0.845. The van der Waals surface area contributed by atoms with Crippen molar-refractivity contribution in [3.63, 3.8) is 0 Å². The molecule has 0 radical (unpaired) electrons. The van der Waals surface area contributed by atoms with E-state index in [9.17, 15) is 9.59 Å². The lowest BCUT2D eigenvalue weighted by Gasteiger charge is -2.06. The van der Waals surface area contributed by atoms with E-state index in [1.54, 1.807) is 24.3 Å². The number of H-pyrrole nitrogens is 1. The van der Waals surface area contributed by atoms with Crippen molar-refractivity contribution in [1.82, 2.24) is 19.6 Å². The molecule has 3 aromatic rings. The van der Waals surface area contributed by atoms with Crippen LogP contribution in [0.2, 0.25) is 5.02 Å². The molecule has 0 saturated carbocycles. The fraction of sp³-hybridized carbons (Fsp3) is 0.200. The first-order valence-corrected chi connectivity index (χ1v) is 7.39. The van der Waals surface area contributed by atoms with E-state index in [0.29, 0.717) is 16.4 Å². The van der Waals surface area contributed by atoms with Crippen molar-refractivity contribution in [2.24, 2.45) is 0 Å². The quantitative estimate of drug-likeness (QED) is 0.771. The highest BCUT2D eigenvalue weighted by atomic mass is 35.5. The Kier molecular flexibility index (Phi) is 3.87. The molecule has 0 saturated heterocycles. The highest BCUT2D eigenvalue weighted by Gasteiger charge is 2.14.